The minimum atomic E-state index is -1.72. The molecule has 0 bridgehead atoms. The number of halogens is 2. The third-order valence-corrected chi connectivity index (χ3v) is 14.5. The van der Waals surface area contributed by atoms with Crippen molar-refractivity contribution in [3.8, 4) is 33.6 Å². The molecule has 1 radical (unpaired) electrons. The van der Waals surface area contributed by atoms with Gasteiger partial charge in [-0.1, -0.05) is 66.9 Å². The zero-order valence-electron chi connectivity index (χ0n) is 29.2. The molecule has 0 saturated carbocycles. The maximum Gasteiger partial charge on any atom is 0 e. The molecular weight excluding hydrogens is 903 g/mol. The molecule has 3 aromatic heterocycles. The second kappa shape index (κ2) is 16.1. The molecule has 3 heterocycles. The molecular formula is C45H36F2GeIrN2S-2. The first-order chi connectivity index (χ1) is 24.7. The Morgan fingerprint density at radius 1 is 0.673 bits per heavy atom. The van der Waals surface area contributed by atoms with Gasteiger partial charge in [0.15, 0.2) is 0 Å². The molecule has 261 valence electrons. The predicted molar refractivity (Wildman–Crippen MR) is 212 cm³/mol. The normalized spacial score (nSPS) is 11.8. The summed E-state index contributed by atoms with van der Waals surface area (Å²) < 4.78 is 32.7. The molecule has 7 heteroatoms. The number of nitrogens with zero attached hydrogens (tertiary/aromatic N) is 2. The number of thiophene rings is 1. The molecule has 8 rings (SSSR count). The van der Waals surface area contributed by atoms with Crippen LogP contribution in [0.4, 0.5) is 8.78 Å². The van der Waals surface area contributed by atoms with Crippen LogP contribution >= 0.6 is 11.3 Å². The zero-order chi connectivity index (χ0) is 35.5. The van der Waals surface area contributed by atoms with Gasteiger partial charge in [-0.15, -0.1) is 23.8 Å². The van der Waals surface area contributed by atoms with Crippen molar-refractivity contribution < 1.29 is 28.9 Å². The van der Waals surface area contributed by atoms with Crippen molar-refractivity contribution in [1.29, 1.82) is 0 Å². The Labute approximate surface area is 324 Å². The van der Waals surface area contributed by atoms with E-state index in [0.717, 1.165) is 42.7 Å². The molecule has 1 atom stereocenters. The number of fused-ring (bicyclic) bond motifs is 3. The van der Waals surface area contributed by atoms with Crippen LogP contribution in [0.2, 0.25) is 17.3 Å². The van der Waals surface area contributed by atoms with Gasteiger partial charge in [-0.25, -0.2) is 8.78 Å². The fourth-order valence-electron chi connectivity index (χ4n) is 6.22. The Kier molecular flexibility index (Phi) is 11.6. The molecule has 2 nitrogen and oxygen atoms in total. The van der Waals surface area contributed by atoms with Gasteiger partial charge < -0.3 is 4.98 Å². The van der Waals surface area contributed by atoms with Crippen LogP contribution in [-0.4, -0.2) is 23.2 Å². The van der Waals surface area contributed by atoms with E-state index >= 15 is 0 Å². The van der Waals surface area contributed by atoms with Crippen molar-refractivity contribution in [2.24, 2.45) is 0 Å². The van der Waals surface area contributed by atoms with Crippen LogP contribution in [-0.2, 0) is 20.1 Å². The molecule has 0 aliphatic rings. The van der Waals surface area contributed by atoms with E-state index in [9.17, 15) is 8.78 Å². The minimum Gasteiger partial charge on any atom is 0 e. The molecule has 1 unspecified atom stereocenters. The van der Waals surface area contributed by atoms with E-state index in [1.807, 2.05) is 67.0 Å². The number of aromatic nitrogens is 2. The van der Waals surface area contributed by atoms with Gasteiger partial charge in [-0.3, -0.25) is 0 Å². The van der Waals surface area contributed by atoms with Gasteiger partial charge in [0.2, 0.25) is 0 Å². The fourth-order valence-corrected chi connectivity index (χ4v) is 9.55. The van der Waals surface area contributed by atoms with Gasteiger partial charge in [0.05, 0.1) is 5.56 Å². The minimum absolute atomic E-state index is 0. The smallest absolute Gasteiger partial charge is 0 e. The van der Waals surface area contributed by atoms with Crippen LogP contribution < -0.4 is 4.40 Å². The topological polar surface area (TPSA) is 25.8 Å². The van der Waals surface area contributed by atoms with E-state index in [1.54, 1.807) is 17.4 Å². The first-order valence-corrected chi connectivity index (χ1v) is 25.1. The molecule has 8 aromatic rings. The van der Waals surface area contributed by atoms with Crippen LogP contribution in [0, 0.1) is 23.8 Å². The molecule has 0 saturated heterocycles. The summed E-state index contributed by atoms with van der Waals surface area (Å²) in [6.45, 7) is 2.19. The monoisotopic (exact) mass is 941 g/mol. The van der Waals surface area contributed by atoms with Crippen molar-refractivity contribution in [2.75, 3.05) is 0 Å². The molecule has 0 fully saturated rings. The van der Waals surface area contributed by atoms with Gasteiger partial charge in [0.25, 0.3) is 0 Å². The number of rotatable bonds is 6. The van der Waals surface area contributed by atoms with Gasteiger partial charge in [-0.05, 0) is 56.7 Å². The molecule has 52 heavy (non-hydrogen) atoms. The average Bonchev–Trinajstić information content (AvgIpc) is 3.54. The Morgan fingerprint density at radius 2 is 1.42 bits per heavy atom. The van der Waals surface area contributed by atoms with Crippen LogP contribution in [0.25, 0.3) is 53.8 Å². The van der Waals surface area contributed by atoms with E-state index in [4.69, 9.17) is 0 Å². The fraction of sp³-hybridized carbons (Fsp3) is 0.111. The van der Waals surface area contributed by atoms with Crippen molar-refractivity contribution in [1.82, 2.24) is 9.97 Å². The van der Waals surface area contributed by atoms with Gasteiger partial charge in [0, 0.05) is 36.9 Å². The standard InChI is InChI=1S/C31H20F2NS.C14H16GeN.Ir/c1-19(20-7-3-2-4-8-20)21-15-16-34-27(17-21)22-13-14-23-29(18-22)35-28-12-5-9-24(30(23)28)31-25(32)10-6-11-26(31)33;1-15(2,3)13-9-10-14(16-11-13)12-7-5-4-6-8-12;/h2-12,14-19H,1H3;4-7,9-11H,1-3H3;/q2*-1;. The molecule has 0 aliphatic carbocycles. The largest absolute Gasteiger partial charge is 0 e. The SMILES string of the molecule is CC(c1ccccc1)c1ccnc(-c2[c-]cc3c(c2)sc2cccc(-c4c(F)cccc4F)c23)c1.[CH3][Ge]([CH3])([CH3])[c]1ccc(-c2[c-]cccc2)nc1.[Ir]. The van der Waals surface area contributed by atoms with E-state index < -0.39 is 24.9 Å². The van der Waals surface area contributed by atoms with Gasteiger partial charge >= 0.3 is 99.8 Å². The Hall–Kier alpha value is -4.33. The number of hydrogen-bond acceptors (Lipinski definition) is 3. The average molecular weight is 940 g/mol. The second-order valence-corrected chi connectivity index (χ2v) is 25.3. The van der Waals surface area contributed by atoms with E-state index in [-0.39, 0.29) is 31.6 Å². The van der Waals surface area contributed by atoms with Crippen LogP contribution in [0.3, 0.4) is 0 Å². The number of pyridine rings is 2. The van der Waals surface area contributed by atoms with Crippen molar-refractivity contribution >= 4 is 49.2 Å². The summed E-state index contributed by atoms with van der Waals surface area (Å²) in [6.07, 6.45) is 3.88. The Bertz CT molecular complexity index is 2420. The zero-order valence-corrected chi connectivity index (χ0v) is 34.6. The first-order valence-electron chi connectivity index (χ1n) is 16.9. The summed E-state index contributed by atoms with van der Waals surface area (Å²) in [5.41, 5.74) is 6.82. The number of hydrogen-bond donors (Lipinski definition) is 0. The van der Waals surface area contributed by atoms with Gasteiger partial charge in [-0.2, -0.15) is 11.3 Å². The summed E-state index contributed by atoms with van der Waals surface area (Å²) in [7, 11) is 0. The number of benzene rings is 5. The molecule has 5 aromatic carbocycles. The van der Waals surface area contributed by atoms with Crippen LogP contribution in [0.15, 0.2) is 140 Å². The Morgan fingerprint density at radius 3 is 2.12 bits per heavy atom. The summed E-state index contributed by atoms with van der Waals surface area (Å²) in [5, 5.41) is 1.78. The third kappa shape index (κ3) is 8.01. The molecule has 0 spiro atoms. The summed E-state index contributed by atoms with van der Waals surface area (Å²) in [6, 6.07) is 47.0. The molecule has 0 N–H and O–H groups in total. The van der Waals surface area contributed by atoms with E-state index in [0.29, 0.717) is 5.56 Å². The predicted octanol–water partition coefficient (Wildman–Crippen LogP) is 12.1. The van der Waals surface area contributed by atoms with Crippen molar-refractivity contribution in [3.05, 3.63) is 175 Å². The van der Waals surface area contributed by atoms with Crippen LogP contribution in [0.1, 0.15) is 24.0 Å². The summed E-state index contributed by atoms with van der Waals surface area (Å²) in [5.74, 6) is 6.25. The van der Waals surface area contributed by atoms with E-state index in [2.05, 4.69) is 94.8 Å². The Balaban J connectivity index is 0.000000230. The second-order valence-electron chi connectivity index (χ2n) is 13.6. The van der Waals surface area contributed by atoms with E-state index in [1.165, 1.54) is 33.7 Å². The maximum absolute atomic E-state index is 14.6. The van der Waals surface area contributed by atoms with Crippen molar-refractivity contribution in [3.63, 3.8) is 0 Å². The van der Waals surface area contributed by atoms with Crippen LogP contribution in [0.5, 0.6) is 0 Å². The molecule has 0 aliphatic heterocycles. The summed E-state index contributed by atoms with van der Waals surface area (Å²) in [4.78, 5) is 9.14. The van der Waals surface area contributed by atoms with Crippen molar-refractivity contribution in [2.45, 2.75) is 30.1 Å². The molecule has 0 amide bonds. The maximum atomic E-state index is 14.6. The summed E-state index contributed by atoms with van der Waals surface area (Å²) >= 11 is -0.110. The van der Waals surface area contributed by atoms with Gasteiger partial charge in [0.1, 0.15) is 11.6 Å². The quantitative estimate of drug-likeness (QED) is 0.123. The third-order valence-electron chi connectivity index (χ3n) is 9.13. The first kappa shape index (κ1) is 37.4.